The van der Waals surface area contributed by atoms with Crippen molar-refractivity contribution in [3.8, 4) is 5.75 Å². The minimum Gasteiger partial charge on any atom is -0.484 e. The molecule has 2 aromatic carbocycles. The van der Waals surface area contributed by atoms with Crippen molar-refractivity contribution in [2.45, 2.75) is 13.0 Å². The molecule has 0 bridgehead atoms. The van der Waals surface area contributed by atoms with Crippen molar-refractivity contribution in [1.82, 2.24) is 0 Å². The van der Waals surface area contributed by atoms with Gasteiger partial charge >= 0.3 is 0 Å². The van der Waals surface area contributed by atoms with Crippen LogP contribution in [0.5, 0.6) is 5.75 Å². The lowest BCUT2D eigenvalue weighted by atomic mass is 10.1. The Kier molecular flexibility index (Phi) is 4.86. The van der Waals surface area contributed by atoms with E-state index < -0.39 is 0 Å². The second-order valence-corrected chi connectivity index (χ2v) is 5.63. The SMILES string of the molecule is Cc1cc(OC(CN)c2cccc(Br)c2)ccc1Cl. The van der Waals surface area contributed by atoms with Gasteiger partial charge in [0.25, 0.3) is 0 Å². The summed E-state index contributed by atoms with van der Waals surface area (Å²) in [5.74, 6) is 0.775. The summed E-state index contributed by atoms with van der Waals surface area (Å²) < 4.78 is 6.95. The quantitative estimate of drug-likeness (QED) is 0.890. The van der Waals surface area contributed by atoms with E-state index in [1.807, 2.05) is 49.4 Å². The van der Waals surface area contributed by atoms with Gasteiger partial charge in [-0.15, -0.1) is 0 Å². The van der Waals surface area contributed by atoms with Crippen LogP contribution in [0, 0.1) is 6.92 Å². The van der Waals surface area contributed by atoms with E-state index in [2.05, 4.69) is 15.9 Å². The van der Waals surface area contributed by atoms with Crippen molar-refractivity contribution in [2.24, 2.45) is 5.73 Å². The topological polar surface area (TPSA) is 35.2 Å². The van der Waals surface area contributed by atoms with E-state index in [0.717, 1.165) is 26.4 Å². The first kappa shape index (κ1) is 14.4. The van der Waals surface area contributed by atoms with E-state index in [0.29, 0.717) is 6.54 Å². The highest BCUT2D eigenvalue weighted by molar-refractivity contribution is 9.10. The highest BCUT2D eigenvalue weighted by Crippen LogP contribution is 2.26. The maximum absolute atomic E-state index is 6.00. The van der Waals surface area contributed by atoms with Crippen molar-refractivity contribution < 1.29 is 4.74 Å². The van der Waals surface area contributed by atoms with Crippen LogP contribution in [-0.2, 0) is 0 Å². The Morgan fingerprint density at radius 2 is 2.05 bits per heavy atom. The third kappa shape index (κ3) is 3.72. The first-order valence-electron chi connectivity index (χ1n) is 5.98. The van der Waals surface area contributed by atoms with Gasteiger partial charge in [-0.3, -0.25) is 0 Å². The molecule has 0 aliphatic carbocycles. The van der Waals surface area contributed by atoms with Crippen molar-refractivity contribution >= 4 is 27.5 Å². The Labute approximate surface area is 126 Å². The van der Waals surface area contributed by atoms with Crippen LogP contribution in [0.25, 0.3) is 0 Å². The average Bonchev–Trinajstić information content (AvgIpc) is 2.40. The minimum atomic E-state index is -0.168. The van der Waals surface area contributed by atoms with E-state index >= 15 is 0 Å². The van der Waals surface area contributed by atoms with Crippen molar-refractivity contribution in [3.63, 3.8) is 0 Å². The number of ether oxygens (including phenoxy) is 1. The molecule has 2 aromatic rings. The van der Waals surface area contributed by atoms with Gasteiger partial charge in [-0.1, -0.05) is 39.7 Å². The summed E-state index contributed by atoms with van der Waals surface area (Å²) in [6.07, 6.45) is -0.168. The maximum Gasteiger partial charge on any atom is 0.136 e. The summed E-state index contributed by atoms with van der Waals surface area (Å²) in [4.78, 5) is 0. The van der Waals surface area contributed by atoms with E-state index in [4.69, 9.17) is 22.1 Å². The highest BCUT2D eigenvalue weighted by Gasteiger charge is 2.12. The molecule has 4 heteroatoms. The standard InChI is InChI=1S/C15H15BrClNO/c1-10-7-13(5-6-14(10)17)19-15(9-18)11-3-2-4-12(16)8-11/h2-8,15H,9,18H2,1H3. The van der Waals surface area contributed by atoms with Gasteiger partial charge in [-0.25, -0.2) is 0 Å². The lowest BCUT2D eigenvalue weighted by molar-refractivity contribution is 0.214. The normalized spacial score (nSPS) is 12.2. The average molecular weight is 341 g/mol. The van der Waals surface area contributed by atoms with Gasteiger partial charge in [0.15, 0.2) is 0 Å². The molecule has 2 nitrogen and oxygen atoms in total. The summed E-state index contributed by atoms with van der Waals surface area (Å²) in [7, 11) is 0. The van der Waals surface area contributed by atoms with Gasteiger partial charge in [0.05, 0.1) is 0 Å². The molecular formula is C15H15BrClNO. The number of nitrogens with two attached hydrogens (primary N) is 1. The van der Waals surface area contributed by atoms with E-state index in [1.54, 1.807) is 0 Å². The molecule has 2 rings (SSSR count). The third-order valence-electron chi connectivity index (χ3n) is 2.84. The molecule has 0 heterocycles. The van der Waals surface area contributed by atoms with Crippen LogP contribution in [0.15, 0.2) is 46.9 Å². The Morgan fingerprint density at radius 1 is 1.26 bits per heavy atom. The number of aryl methyl sites for hydroxylation is 1. The third-order valence-corrected chi connectivity index (χ3v) is 3.76. The Balaban J connectivity index is 2.21. The molecule has 2 N–H and O–H groups in total. The predicted molar refractivity (Wildman–Crippen MR) is 82.8 cm³/mol. The molecule has 0 aliphatic rings. The number of halogens is 2. The molecule has 0 amide bonds. The fourth-order valence-electron chi connectivity index (χ4n) is 1.81. The fourth-order valence-corrected chi connectivity index (χ4v) is 2.35. The summed E-state index contributed by atoms with van der Waals surface area (Å²) in [5, 5.41) is 0.735. The minimum absolute atomic E-state index is 0.168. The number of rotatable bonds is 4. The van der Waals surface area contributed by atoms with Gasteiger partial charge in [-0.2, -0.15) is 0 Å². The Hall–Kier alpha value is -1.03. The van der Waals surface area contributed by atoms with Crippen molar-refractivity contribution in [2.75, 3.05) is 6.54 Å². The summed E-state index contributed by atoms with van der Waals surface area (Å²) in [6.45, 7) is 2.36. The van der Waals surface area contributed by atoms with Crippen LogP contribution in [0.2, 0.25) is 5.02 Å². The zero-order valence-electron chi connectivity index (χ0n) is 10.6. The Morgan fingerprint density at radius 3 is 2.68 bits per heavy atom. The molecular weight excluding hydrogens is 326 g/mol. The first-order chi connectivity index (χ1) is 9.10. The molecule has 0 radical (unpaired) electrons. The summed E-state index contributed by atoms with van der Waals surface area (Å²) in [6, 6.07) is 13.6. The zero-order chi connectivity index (χ0) is 13.8. The highest BCUT2D eigenvalue weighted by atomic mass is 79.9. The molecule has 1 atom stereocenters. The lowest BCUT2D eigenvalue weighted by Crippen LogP contribution is -2.18. The second kappa shape index (κ2) is 6.42. The zero-order valence-corrected chi connectivity index (χ0v) is 12.9. The van der Waals surface area contributed by atoms with Gasteiger partial charge < -0.3 is 10.5 Å². The maximum atomic E-state index is 6.00. The molecule has 0 aliphatic heterocycles. The smallest absolute Gasteiger partial charge is 0.136 e. The van der Waals surface area contributed by atoms with Crippen molar-refractivity contribution in [1.29, 1.82) is 0 Å². The monoisotopic (exact) mass is 339 g/mol. The number of hydrogen-bond donors (Lipinski definition) is 1. The molecule has 0 aromatic heterocycles. The fraction of sp³-hybridized carbons (Fsp3) is 0.200. The van der Waals surface area contributed by atoms with E-state index in [9.17, 15) is 0 Å². The summed E-state index contributed by atoms with van der Waals surface area (Å²) in [5.41, 5.74) is 7.84. The van der Waals surface area contributed by atoms with Crippen molar-refractivity contribution in [3.05, 3.63) is 63.1 Å². The predicted octanol–water partition coefficient (Wildman–Crippen LogP) is 4.49. The number of benzene rings is 2. The van der Waals surface area contributed by atoms with Crippen LogP contribution in [0.3, 0.4) is 0 Å². The van der Waals surface area contributed by atoms with E-state index in [1.165, 1.54) is 0 Å². The van der Waals surface area contributed by atoms with Gasteiger partial charge in [0.1, 0.15) is 11.9 Å². The van der Waals surface area contributed by atoms with Crippen LogP contribution in [-0.4, -0.2) is 6.54 Å². The van der Waals surface area contributed by atoms with Crippen LogP contribution in [0.4, 0.5) is 0 Å². The molecule has 0 saturated heterocycles. The molecule has 1 unspecified atom stereocenters. The van der Waals surface area contributed by atoms with Gasteiger partial charge in [0, 0.05) is 16.0 Å². The van der Waals surface area contributed by atoms with Gasteiger partial charge in [-0.05, 0) is 48.4 Å². The van der Waals surface area contributed by atoms with E-state index in [-0.39, 0.29) is 6.10 Å². The van der Waals surface area contributed by atoms with Gasteiger partial charge in [0.2, 0.25) is 0 Å². The van der Waals surface area contributed by atoms with Crippen LogP contribution < -0.4 is 10.5 Å². The molecule has 100 valence electrons. The molecule has 19 heavy (non-hydrogen) atoms. The molecule has 0 fully saturated rings. The first-order valence-corrected chi connectivity index (χ1v) is 7.15. The Bertz CT molecular complexity index is 574. The summed E-state index contributed by atoms with van der Waals surface area (Å²) >= 11 is 9.45. The molecule has 0 spiro atoms. The second-order valence-electron chi connectivity index (χ2n) is 4.31. The van der Waals surface area contributed by atoms with Crippen LogP contribution >= 0.6 is 27.5 Å². The van der Waals surface area contributed by atoms with Crippen LogP contribution in [0.1, 0.15) is 17.2 Å². The number of hydrogen-bond acceptors (Lipinski definition) is 2. The largest absolute Gasteiger partial charge is 0.484 e. The lowest BCUT2D eigenvalue weighted by Gasteiger charge is -2.18. The molecule has 0 saturated carbocycles.